The third-order valence-electron chi connectivity index (χ3n) is 2.70. The highest BCUT2D eigenvalue weighted by molar-refractivity contribution is 5.42. The van der Waals surface area contributed by atoms with E-state index < -0.39 is 11.9 Å². The zero-order chi connectivity index (χ0) is 15.3. The van der Waals surface area contributed by atoms with Crippen molar-refractivity contribution in [3.8, 4) is 0 Å². The van der Waals surface area contributed by atoms with Gasteiger partial charge in [0.1, 0.15) is 5.82 Å². The van der Waals surface area contributed by atoms with Gasteiger partial charge in [-0.2, -0.15) is 18.2 Å². The van der Waals surface area contributed by atoms with Crippen molar-refractivity contribution in [2.75, 3.05) is 24.2 Å². The second kappa shape index (κ2) is 6.42. The summed E-state index contributed by atoms with van der Waals surface area (Å²) in [4.78, 5) is 11.2. The normalized spacial score (nSPS) is 11.4. The van der Waals surface area contributed by atoms with Crippen LogP contribution in [0.1, 0.15) is 12.1 Å². The lowest BCUT2D eigenvalue weighted by molar-refractivity contribution is -0.141. The fourth-order valence-electron chi connectivity index (χ4n) is 1.69. The molecule has 114 valence electrons. The quantitative estimate of drug-likeness (QED) is 0.801. The Kier molecular flexibility index (Phi) is 4.61. The van der Waals surface area contributed by atoms with E-state index in [0.29, 0.717) is 6.54 Å². The number of nitrogens with zero attached hydrogens (tertiary/aromatic N) is 4. The first-order chi connectivity index (χ1) is 9.99. The van der Waals surface area contributed by atoms with Crippen molar-refractivity contribution < 1.29 is 13.2 Å². The topological polar surface area (TPSA) is 67.7 Å². The Morgan fingerprint density at radius 2 is 2.10 bits per heavy atom. The van der Waals surface area contributed by atoms with Crippen LogP contribution in [0.25, 0.3) is 0 Å². The van der Waals surface area contributed by atoms with Crippen molar-refractivity contribution in [2.24, 2.45) is 0 Å². The molecule has 2 rings (SSSR count). The number of alkyl halides is 3. The van der Waals surface area contributed by atoms with E-state index in [9.17, 15) is 13.2 Å². The second-order valence-corrected chi connectivity index (χ2v) is 4.29. The van der Waals surface area contributed by atoms with E-state index in [1.54, 1.807) is 12.5 Å². The van der Waals surface area contributed by atoms with Gasteiger partial charge in [-0.1, -0.05) is 0 Å². The van der Waals surface area contributed by atoms with Crippen LogP contribution in [0, 0.1) is 0 Å². The van der Waals surface area contributed by atoms with Crippen LogP contribution in [-0.4, -0.2) is 33.1 Å². The average Bonchev–Trinajstić information content (AvgIpc) is 2.95. The number of imidazole rings is 1. The minimum Gasteiger partial charge on any atom is -0.370 e. The van der Waals surface area contributed by atoms with E-state index in [1.165, 1.54) is 7.05 Å². The number of anilines is 2. The maximum Gasteiger partial charge on any atom is 0.433 e. The van der Waals surface area contributed by atoms with Gasteiger partial charge in [0.25, 0.3) is 0 Å². The van der Waals surface area contributed by atoms with Gasteiger partial charge >= 0.3 is 6.18 Å². The Bertz CT molecular complexity index is 567. The molecule has 0 bridgehead atoms. The molecule has 0 unspecified atom stereocenters. The maximum atomic E-state index is 12.7. The fraction of sp³-hybridized carbons (Fsp3) is 0.417. The molecular formula is C12H15F3N6. The summed E-state index contributed by atoms with van der Waals surface area (Å²) in [6.07, 6.45) is 1.42. The van der Waals surface area contributed by atoms with Crippen LogP contribution in [0.4, 0.5) is 24.9 Å². The van der Waals surface area contributed by atoms with Crippen LogP contribution >= 0.6 is 0 Å². The highest BCUT2D eigenvalue weighted by Gasteiger charge is 2.33. The summed E-state index contributed by atoms with van der Waals surface area (Å²) in [5.41, 5.74) is -0.973. The van der Waals surface area contributed by atoms with Crippen molar-refractivity contribution in [3.05, 3.63) is 30.5 Å². The predicted octanol–water partition coefficient (Wildman–Crippen LogP) is 2.24. The van der Waals surface area contributed by atoms with Crippen molar-refractivity contribution in [2.45, 2.75) is 19.1 Å². The van der Waals surface area contributed by atoms with Gasteiger partial charge < -0.3 is 15.2 Å². The molecule has 0 spiro atoms. The number of hydrogen-bond donors (Lipinski definition) is 2. The molecule has 0 radical (unpaired) electrons. The van der Waals surface area contributed by atoms with Crippen LogP contribution < -0.4 is 10.6 Å². The van der Waals surface area contributed by atoms with Crippen LogP contribution in [-0.2, 0) is 12.7 Å². The number of hydrogen-bond acceptors (Lipinski definition) is 5. The molecule has 0 fully saturated rings. The van der Waals surface area contributed by atoms with E-state index >= 15 is 0 Å². The molecule has 21 heavy (non-hydrogen) atoms. The summed E-state index contributed by atoms with van der Waals surface area (Å²) < 4.78 is 40.0. The predicted molar refractivity (Wildman–Crippen MR) is 71.9 cm³/mol. The highest BCUT2D eigenvalue weighted by Crippen LogP contribution is 2.29. The van der Waals surface area contributed by atoms with Gasteiger partial charge in [0.05, 0.1) is 6.33 Å². The van der Waals surface area contributed by atoms with Gasteiger partial charge in [0.2, 0.25) is 5.95 Å². The van der Waals surface area contributed by atoms with Gasteiger partial charge in [0, 0.05) is 38.6 Å². The zero-order valence-electron chi connectivity index (χ0n) is 11.4. The van der Waals surface area contributed by atoms with E-state index in [1.807, 2.05) is 10.8 Å². The second-order valence-electron chi connectivity index (χ2n) is 4.29. The van der Waals surface area contributed by atoms with Gasteiger partial charge in [0.15, 0.2) is 5.69 Å². The molecule has 0 saturated carbocycles. The molecule has 2 N–H and O–H groups in total. The minimum atomic E-state index is -4.50. The first-order valence-corrected chi connectivity index (χ1v) is 6.32. The molecule has 2 heterocycles. The Morgan fingerprint density at radius 3 is 2.71 bits per heavy atom. The molecule has 0 aliphatic heterocycles. The molecule has 9 heteroatoms. The Balaban J connectivity index is 1.95. The molecule has 0 aromatic carbocycles. The molecule has 0 atom stereocenters. The lowest BCUT2D eigenvalue weighted by atomic mass is 10.3. The summed E-state index contributed by atoms with van der Waals surface area (Å²) in [7, 11) is 1.47. The highest BCUT2D eigenvalue weighted by atomic mass is 19.4. The van der Waals surface area contributed by atoms with Crippen LogP contribution in [0.3, 0.4) is 0 Å². The first-order valence-electron chi connectivity index (χ1n) is 6.32. The van der Waals surface area contributed by atoms with Crippen molar-refractivity contribution in [3.63, 3.8) is 0 Å². The van der Waals surface area contributed by atoms with Crippen LogP contribution in [0.2, 0.25) is 0 Å². The zero-order valence-corrected chi connectivity index (χ0v) is 11.4. The standard InChI is InChI=1S/C12H15F3N6/c1-16-11-19-9(12(13,14)15)7-10(20-11)18-3-2-5-21-6-4-17-8-21/h4,6-8H,2-3,5H2,1H3,(H2,16,18,19,20). The number of aryl methyl sites for hydroxylation is 1. The van der Waals surface area contributed by atoms with E-state index in [2.05, 4.69) is 25.6 Å². The minimum absolute atomic E-state index is 0.0677. The first kappa shape index (κ1) is 15.1. The van der Waals surface area contributed by atoms with Gasteiger partial charge in [-0.25, -0.2) is 9.97 Å². The van der Waals surface area contributed by atoms with Crippen molar-refractivity contribution in [1.82, 2.24) is 19.5 Å². The summed E-state index contributed by atoms with van der Waals surface area (Å²) >= 11 is 0. The van der Waals surface area contributed by atoms with Crippen molar-refractivity contribution in [1.29, 1.82) is 0 Å². The third kappa shape index (κ3) is 4.33. The Labute approximate surface area is 119 Å². The largest absolute Gasteiger partial charge is 0.433 e. The lowest BCUT2D eigenvalue weighted by Gasteiger charge is -2.11. The SMILES string of the molecule is CNc1nc(NCCCn2ccnc2)cc(C(F)(F)F)n1. The molecular weight excluding hydrogens is 285 g/mol. The monoisotopic (exact) mass is 300 g/mol. The Hall–Kier alpha value is -2.32. The lowest BCUT2D eigenvalue weighted by Crippen LogP contribution is -2.14. The van der Waals surface area contributed by atoms with Crippen LogP contribution in [0.15, 0.2) is 24.8 Å². The number of halogens is 3. The molecule has 2 aromatic heterocycles. The molecule has 6 nitrogen and oxygen atoms in total. The molecule has 0 aliphatic carbocycles. The summed E-state index contributed by atoms with van der Waals surface area (Å²) in [5, 5.41) is 5.39. The molecule has 0 aliphatic rings. The maximum absolute atomic E-state index is 12.7. The van der Waals surface area contributed by atoms with Gasteiger partial charge in [-0.05, 0) is 6.42 Å². The van der Waals surface area contributed by atoms with E-state index in [0.717, 1.165) is 19.0 Å². The van der Waals surface area contributed by atoms with Crippen molar-refractivity contribution >= 4 is 11.8 Å². The smallest absolute Gasteiger partial charge is 0.370 e. The summed E-state index contributed by atoms with van der Waals surface area (Å²) in [6, 6.07) is 0.901. The molecule has 2 aromatic rings. The summed E-state index contributed by atoms with van der Waals surface area (Å²) in [5.74, 6) is 0.0780. The number of nitrogens with one attached hydrogen (secondary N) is 2. The average molecular weight is 300 g/mol. The van der Waals surface area contributed by atoms with E-state index in [-0.39, 0.29) is 11.8 Å². The molecule has 0 amide bonds. The number of aromatic nitrogens is 4. The molecule has 0 saturated heterocycles. The van der Waals surface area contributed by atoms with Crippen LogP contribution in [0.5, 0.6) is 0 Å². The van der Waals surface area contributed by atoms with E-state index in [4.69, 9.17) is 0 Å². The summed E-state index contributed by atoms with van der Waals surface area (Å²) in [6.45, 7) is 1.22. The third-order valence-corrected chi connectivity index (χ3v) is 2.70. The Morgan fingerprint density at radius 1 is 1.29 bits per heavy atom. The van der Waals surface area contributed by atoms with Gasteiger partial charge in [-0.15, -0.1) is 0 Å². The fourth-order valence-corrected chi connectivity index (χ4v) is 1.69. The number of rotatable bonds is 6. The van der Waals surface area contributed by atoms with Gasteiger partial charge in [-0.3, -0.25) is 0 Å².